The molecule has 1 fully saturated rings. The van der Waals surface area contributed by atoms with E-state index in [2.05, 4.69) is 24.6 Å². The predicted molar refractivity (Wildman–Crippen MR) is 129 cm³/mol. The number of aromatic nitrogens is 2. The Labute approximate surface area is 199 Å². The van der Waals surface area contributed by atoms with Crippen molar-refractivity contribution in [2.45, 2.75) is 57.8 Å². The number of aliphatic hydroxyl groups is 1. The van der Waals surface area contributed by atoms with Gasteiger partial charge in [0.2, 0.25) is 0 Å². The van der Waals surface area contributed by atoms with Gasteiger partial charge >= 0.3 is 6.01 Å². The highest BCUT2D eigenvalue weighted by molar-refractivity contribution is 6.76. The molecule has 1 aliphatic rings. The Morgan fingerprint density at radius 3 is 2.71 bits per heavy atom. The first-order valence-corrected chi connectivity index (χ1v) is 15.3. The highest BCUT2D eigenvalue weighted by atomic mass is 28.3. The number of ether oxygens (including phenoxy) is 3. The monoisotopic (exact) mass is 490 g/mol. The number of halogens is 2. The zero-order chi connectivity index (χ0) is 24.5. The summed E-state index contributed by atoms with van der Waals surface area (Å²) in [6.07, 6.45) is 0.568. The van der Waals surface area contributed by atoms with Crippen molar-refractivity contribution in [1.29, 1.82) is 0 Å². The van der Waals surface area contributed by atoms with Crippen LogP contribution in [0.2, 0.25) is 25.7 Å². The normalized spacial score (nSPS) is 18.7. The molecule has 0 aliphatic carbocycles. The molecule has 0 amide bonds. The standard InChI is InChI=1S/C25H32F2N2O4Si/c1-16-5-6-17(18-9-20(13-30)32-14-18)10-23(16)33-25-28-24-21(27)11-19(26)12-22(24)29(25)15-31-7-8-34(2,3)4/h5-6,10-12,18,20,30H,7-9,13-15H2,1-4H3. The molecule has 2 heterocycles. The third kappa shape index (κ3) is 5.65. The number of nitrogens with zero attached hydrogens (tertiary/aromatic N) is 2. The average Bonchev–Trinajstić information content (AvgIpc) is 3.37. The van der Waals surface area contributed by atoms with Crippen LogP contribution in [0.25, 0.3) is 11.0 Å². The van der Waals surface area contributed by atoms with E-state index < -0.39 is 19.7 Å². The molecule has 0 spiro atoms. The molecule has 1 aromatic heterocycles. The maximum absolute atomic E-state index is 14.5. The summed E-state index contributed by atoms with van der Waals surface area (Å²) in [6, 6.07) is 9.08. The second-order valence-corrected chi connectivity index (χ2v) is 15.7. The van der Waals surface area contributed by atoms with Crippen LogP contribution in [0.15, 0.2) is 30.3 Å². The molecule has 184 valence electrons. The van der Waals surface area contributed by atoms with Gasteiger partial charge in [0.15, 0.2) is 5.82 Å². The van der Waals surface area contributed by atoms with Gasteiger partial charge in [0.25, 0.3) is 0 Å². The Hall–Kier alpha value is -2.33. The predicted octanol–water partition coefficient (Wildman–Crippen LogP) is 5.59. The second-order valence-electron chi connectivity index (χ2n) is 10.1. The maximum Gasteiger partial charge on any atom is 0.304 e. The van der Waals surface area contributed by atoms with Crippen molar-refractivity contribution in [3.05, 3.63) is 53.1 Å². The van der Waals surface area contributed by atoms with E-state index in [0.717, 1.165) is 29.7 Å². The Bertz CT molecular complexity index is 1160. The van der Waals surface area contributed by atoms with Gasteiger partial charge < -0.3 is 19.3 Å². The van der Waals surface area contributed by atoms with Gasteiger partial charge in [0.05, 0.1) is 24.8 Å². The van der Waals surface area contributed by atoms with Crippen molar-refractivity contribution in [2.75, 3.05) is 19.8 Å². The zero-order valence-electron chi connectivity index (χ0n) is 20.1. The van der Waals surface area contributed by atoms with Crippen molar-refractivity contribution in [1.82, 2.24) is 9.55 Å². The summed E-state index contributed by atoms with van der Waals surface area (Å²) < 4.78 is 47.8. The first-order valence-electron chi connectivity index (χ1n) is 11.6. The van der Waals surface area contributed by atoms with Gasteiger partial charge in [-0.05, 0) is 36.6 Å². The Balaban J connectivity index is 1.63. The third-order valence-electron chi connectivity index (χ3n) is 6.12. The fourth-order valence-corrected chi connectivity index (χ4v) is 4.77. The molecular weight excluding hydrogens is 458 g/mol. The van der Waals surface area contributed by atoms with Gasteiger partial charge in [0, 0.05) is 32.7 Å². The maximum atomic E-state index is 14.5. The molecule has 3 aromatic rings. The lowest BCUT2D eigenvalue weighted by Gasteiger charge is -2.17. The molecule has 4 rings (SSSR count). The van der Waals surface area contributed by atoms with Crippen LogP contribution in [0, 0.1) is 18.6 Å². The lowest BCUT2D eigenvalue weighted by atomic mass is 9.95. The summed E-state index contributed by atoms with van der Waals surface area (Å²) in [5.74, 6) is -0.707. The number of aryl methyl sites for hydroxylation is 1. The fourth-order valence-electron chi connectivity index (χ4n) is 4.01. The smallest absolute Gasteiger partial charge is 0.304 e. The molecule has 0 saturated carbocycles. The first-order chi connectivity index (χ1) is 16.1. The minimum Gasteiger partial charge on any atom is -0.425 e. The van der Waals surface area contributed by atoms with Crippen LogP contribution in [0.4, 0.5) is 8.78 Å². The molecule has 0 bridgehead atoms. The van der Waals surface area contributed by atoms with Gasteiger partial charge in [0.1, 0.15) is 23.8 Å². The molecule has 9 heteroatoms. The van der Waals surface area contributed by atoms with E-state index >= 15 is 0 Å². The van der Waals surface area contributed by atoms with Gasteiger partial charge in [-0.1, -0.05) is 31.8 Å². The molecule has 6 nitrogen and oxygen atoms in total. The van der Waals surface area contributed by atoms with E-state index in [1.165, 1.54) is 6.07 Å². The topological polar surface area (TPSA) is 65.7 Å². The van der Waals surface area contributed by atoms with Crippen LogP contribution in [0.1, 0.15) is 23.5 Å². The average molecular weight is 491 g/mol. The molecule has 1 N–H and O–H groups in total. The van der Waals surface area contributed by atoms with E-state index in [1.54, 1.807) is 4.57 Å². The van der Waals surface area contributed by atoms with Gasteiger partial charge in [-0.2, -0.15) is 4.98 Å². The third-order valence-corrected chi connectivity index (χ3v) is 7.83. The number of fused-ring (bicyclic) bond motifs is 1. The summed E-state index contributed by atoms with van der Waals surface area (Å²) in [7, 11) is -1.29. The Morgan fingerprint density at radius 2 is 2.00 bits per heavy atom. The van der Waals surface area contributed by atoms with Crippen LogP contribution < -0.4 is 4.74 Å². The van der Waals surface area contributed by atoms with Gasteiger partial charge in [-0.3, -0.25) is 4.57 Å². The summed E-state index contributed by atoms with van der Waals surface area (Å²) in [5, 5.41) is 9.37. The van der Waals surface area contributed by atoms with Crippen LogP contribution in [0.3, 0.4) is 0 Å². The lowest BCUT2D eigenvalue weighted by Crippen LogP contribution is -2.22. The van der Waals surface area contributed by atoms with Crippen LogP contribution in [-0.4, -0.2) is 48.7 Å². The first kappa shape index (κ1) is 24.8. The van der Waals surface area contributed by atoms with Crippen LogP contribution >= 0.6 is 0 Å². The molecule has 2 atom stereocenters. The number of rotatable bonds is 9. The molecular formula is C25H32F2N2O4Si. The van der Waals surface area contributed by atoms with Crippen LogP contribution in [0.5, 0.6) is 11.8 Å². The molecule has 2 aromatic carbocycles. The number of aliphatic hydroxyl groups excluding tert-OH is 1. The molecule has 1 saturated heterocycles. The van der Waals surface area contributed by atoms with Crippen LogP contribution in [-0.2, 0) is 16.2 Å². The van der Waals surface area contributed by atoms with Crippen molar-refractivity contribution in [3.8, 4) is 11.8 Å². The fraction of sp³-hybridized carbons (Fsp3) is 0.480. The SMILES string of the molecule is Cc1ccc(C2COC(CO)C2)cc1Oc1nc2c(F)cc(F)cc2n1COCC[Si](C)(C)C. The molecule has 1 aliphatic heterocycles. The molecule has 0 radical (unpaired) electrons. The zero-order valence-corrected chi connectivity index (χ0v) is 21.1. The molecule has 34 heavy (non-hydrogen) atoms. The Kier molecular flexibility index (Phi) is 7.37. The number of hydrogen-bond acceptors (Lipinski definition) is 5. The quantitative estimate of drug-likeness (QED) is 0.313. The summed E-state index contributed by atoms with van der Waals surface area (Å²) in [6.45, 7) is 9.85. The highest BCUT2D eigenvalue weighted by Gasteiger charge is 2.27. The van der Waals surface area contributed by atoms with Gasteiger partial charge in [-0.25, -0.2) is 8.78 Å². The minimum atomic E-state index is -1.29. The van der Waals surface area contributed by atoms with Crippen molar-refractivity contribution in [2.24, 2.45) is 0 Å². The van der Waals surface area contributed by atoms with Crippen molar-refractivity contribution in [3.63, 3.8) is 0 Å². The molecule has 2 unspecified atom stereocenters. The van der Waals surface area contributed by atoms with E-state index in [-0.39, 0.29) is 42.4 Å². The Morgan fingerprint density at radius 1 is 1.21 bits per heavy atom. The van der Waals surface area contributed by atoms with E-state index in [4.69, 9.17) is 14.2 Å². The van der Waals surface area contributed by atoms with E-state index in [9.17, 15) is 13.9 Å². The lowest BCUT2D eigenvalue weighted by molar-refractivity contribution is 0.0585. The van der Waals surface area contributed by atoms with E-state index in [1.807, 2.05) is 25.1 Å². The van der Waals surface area contributed by atoms with E-state index in [0.29, 0.717) is 19.0 Å². The number of benzene rings is 2. The number of hydrogen-bond donors (Lipinski definition) is 1. The summed E-state index contributed by atoms with van der Waals surface area (Å²) in [4.78, 5) is 4.34. The van der Waals surface area contributed by atoms with Gasteiger partial charge in [-0.15, -0.1) is 0 Å². The second kappa shape index (κ2) is 10.1. The largest absolute Gasteiger partial charge is 0.425 e. The highest BCUT2D eigenvalue weighted by Crippen LogP contribution is 2.35. The van der Waals surface area contributed by atoms with Crippen molar-refractivity contribution >= 4 is 19.1 Å². The number of imidazole rings is 1. The minimum absolute atomic E-state index is 0.00440. The van der Waals surface area contributed by atoms with Crippen molar-refractivity contribution < 1.29 is 28.1 Å². The summed E-state index contributed by atoms with van der Waals surface area (Å²) >= 11 is 0. The summed E-state index contributed by atoms with van der Waals surface area (Å²) in [5.41, 5.74) is 2.23.